The number of aliphatic hydroxyl groups is 1. The van der Waals surface area contributed by atoms with Crippen LogP contribution in [0.3, 0.4) is 0 Å². The fourth-order valence-corrected chi connectivity index (χ4v) is 4.12. The van der Waals surface area contributed by atoms with E-state index in [2.05, 4.69) is 4.72 Å². The maximum Gasteiger partial charge on any atom is 0.491 e. The van der Waals surface area contributed by atoms with Gasteiger partial charge in [0.1, 0.15) is 0 Å². The minimum atomic E-state index is -3.84. The number of hydrogen-bond acceptors (Lipinski definition) is 6. The smallest absolute Gasteiger partial charge is 0.423 e. The number of sulfonamides is 1. The first-order valence-corrected chi connectivity index (χ1v) is 9.33. The second-order valence-electron chi connectivity index (χ2n) is 5.88. The molecule has 3 rings (SSSR count). The van der Waals surface area contributed by atoms with E-state index in [1.54, 1.807) is 24.3 Å². The quantitative estimate of drug-likeness (QED) is 0.431. The third kappa shape index (κ3) is 3.79. The maximum atomic E-state index is 12.8. The molecule has 0 atom stereocenters. The van der Waals surface area contributed by atoms with Gasteiger partial charge in [-0.25, -0.2) is 8.42 Å². The van der Waals surface area contributed by atoms with Crippen LogP contribution < -0.4 is 15.9 Å². The molecule has 0 bridgehead atoms. The van der Waals surface area contributed by atoms with E-state index in [9.17, 15) is 13.4 Å². The Morgan fingerprint density at radius 3 is 2.80 bits per heavy atom. The summed E-state index contributed by atoms with van der Waals surface area (Å²) in [6, 6.07) is 9.49. The van der Waals surface area contributed by atoms with Crippen molar-refractivity contribution in [1.29, 1.82) is 0 Å². The molecule has 7 nitrogen and oxygen atoms in total. The topological polar surface area (TPSA) is 122 Å². The molecule has 0 unspecified atom stereocenters. The van der Waals surface area contributed by atoms with Crippen molar-refractivity contribution in [2.24, 2.45) is 0 Å². The van der Waals surface area contributed by atoms with Crippen LogP contribution in [0.25, 0.3) is 0 Å². The number of rotatable bonds is 6. The highest BCUT2D eigenvalue weighted by atomic mass is 32.2. The lowest BCUT2D eigenvalue weighted by atomic mass is 9.79. The second kappa shape index (κ2) is 7.05. The molecule has 5 N–H and O–H groups in total. The summed E-state index contributed by atoms with van der Waals surface area (Å²) in [7, 11) is -4.88. The maximum absolute atomic E-state index is 12.8. The lowest BCUT2D eigenvalue weighted by Crippen LogP contribution is -2.28. The van der Waals surface area contributed by atoms with Gasteiger partial charge in [0.25, 0.3) is 10.0 Å². The normalized spacial score (nSPS) is 13.8. The van der Waals surface area contributed by atoms with Gasteiger partial charge in [-0.15, -0.1) is 0 Å². The Morgan fingerprint density at radius 1 is 1.24 bits per heavy atom. The van der Waals surface area contributed by atoms with Crippen LogP contribution in [0.4, 0.5) is 11.4 Å². The number of nitrogens with two attached hydrogens (primary N) is 1. The van der Waals surface area contributed by atoms with Crippen molar-refractivity contribution in [3.05, 3.63) is 47.5 Å². The van der Waals surface area contributed by atoms with Crippen molar-refractivity contribution in [3.63, 3.8) is 0 Å². The van der Waals surface area contributed by atoms with Crippen LogP contribution in [-0.4, -0.2) is 32.3 Å². The number of nitrogen functional groups attached to an aromatic ring is 1. The summed E-state index contributed by atoms with van der Waals surface area (Å²) in [4.78, 5) is 0.118. The van der Waals surface area contributed by atoms with Gasteiger partial charge in [0, 0.05) is 18.0 Å². The number of aryl methyl sites for hydroxylation is 1. The van der Waals surface area contributed by atoms with E-state index in [0.717, 1.165) is 5.56 Å². The van der Waals surface area contributed by atoms with Crippen molar-refractivity contribution in [2.45, 2.75) is 24.3 Å². The zero-order chi connectivity index (χ0) is 18.0. The summed E-state index contributed by atoms with van der Waals surface area (Å²) < 4.78 is 33.2. The molecule has 1 aliphatic heterocycles. The van der Waals surface area contributed by atoms with Crippen molar-refractivity contribution in [1.82, 2.24) is 0 Å². The average molecular weight is 362 g/mol. The van der Waals surface area contributed by atoms with Crippen LogP contribution in [0.2, 0.25) is 0 Å². The highest BCUT2D eigenvalue weighted by Gasteiger charge is 2.28. The van der Waals surface area contributed by atoms with E-state index >= 15 is 0 Å². The monoisotopic (exact) mass is 362 g/mol. The minimum Gasteiger partial charge on any atom is -0.423 e. The Balaban J connectivity index is 1.91. The number of anilines is 2. The van der Waals surface area contributed by atoms with Gasteiger partial charge >= 0.3 is 7.12 Å². The number of benzene rings is 2. The zero-order valence-electron chi connectivity index (χ0n) is 13.5. The molecule has 0 aromatic heterocycles. The lowest BCUT2D eigenvalue weighted by molar-refractivity contribution is 0.275. The molecule has 0 spiro atoms. The van der Waals surface area contributed by atoms with Crippen molar-refractivity contribution >= 4 is 34.0 Å². The SMILES string of the molecule is Nc1ccc(S(=O)(=O)Nc2ccc3c(c2)B(O)OC3)c(CCCO)c1. The molecule has 2 aromatic carbocycles. The van der Waals surface area contributed by atoms with Crippen LogP contribution in [0.5, 0.6) is 0 Å². The van der Waals surface area contributed by atoms with Gasteiger partial charge in [0.15, 0.2) is 0 Å². The summed E-state index contributed by atoms with van der Waals surface area (Å²) in [6.45, 7) is 0.261. The Hall–Kier alpha value is -2.07. The summed E-state index contributed by atoms with van der Waals surface area (Å²) in [6.07, 6.45) is 0.836. The molecule has 0 saturated heterocycles. The fraction of sp³-hybridized carbons (Fsp3) is 0.250. The highest BCUT2D eigenvalue weighted by molar-refractivity contribution is 7.92. The van der Waals surface area contributed by atoms with Gasteiger partial charge in [0.05, 0.1) is 11.5 Å². The van der Waals surface area contributed by atoms with Crippen LogP contribution in [0.15, 0.2) is 41.3 Å². The molecule has 0 saturated carbocycles. The van der Waals surface area contributed by atoms with Gasteiger partial charge < -0.3 is 20.5 Å². The van der Waals surface area contributed by atoms with Gasteiger partial charge in [-0.1, -0.05) is 6.07 Å². The second-order valence-corrected chi connectivity index (χ2v) is 7.53. The van der Waals surface area contributed by atoms with Crippen LogP contribution in [0, 0.1) is 0 Å². The predicted octanol–water partition coefficient (Wildman–Crippen LogP) is 0.212. The predicted molar refractivity (Wildman–Crippen MR) is 95.9 cm³/mol. The Labute approximate surface area is 146 Å². The molecule has 2 aromatic rings. The van der Waals surface area contributed by atoms with E-state index in [4.69, 9.17) is 15.5 Å². The summed E-state index contributed by atoms with van der Waals surface area (Å²) in [5.41, 5.74) is 8.48. The van der Waals surface area contributed by atoms with Crippen LogP contribution in [0.1, 0.15) is 17.5 Å². The lowest BCUT2D eigenvalue weighted by Gasteiger charge is -2.13. The Kier molecular flexibility index (Phi) is 5.00. The highest BCUT2D eigenvalue weighted by Crippen LogP contribution is 2.24. The molecule has 25 heavy (non-hydrogen) atoms. The van der Waals surface area contributed by atoms with E-state index in [0.29, 0.717) is 41.8 Å². The van der Waals surface area contributed by atoms with Crippen LogP contribution in [-0.2, 0) is 27.7 Å². The van der Waals surface area contributed by atoms with Crippen molar-refractivity contribution in [3.8, 4) is 0 Å². The number of nitrogens with one attached hydrogen (secondary N) is 1. The molecule has 1 aliphatic rings. The van der Waals surface area contributed by atoms with Gasteiger partial charge in [-0.3, -0.25) is 4.72 Å². The molecule has 9 heteroatoms. The van der Waals surface area contributed by atoms with Crippen LogP contribution >= 0.6 is 0 Å². The zero-order valence-corrected chi connectivity index (χ0v) is 14.3. The molecule has 0 aliphatic carbocycles. The standard InChI is InChI=1S/C16H19BN2O5S/c18-13-4-6-16(11(8-13)2-1-7-20)25(22,23)19-14-5-3-12-10-24-17(21)15(12)9-14/h3-6,8-9,19-21H,1-2,7,10,18H2. The third-order valence-electron chi connectivity index (χ3n) is 4.04. The van der Waals surface area contributed by atoms with E-state index in [-0.39, 0.29) is 11.5 Å². The van der Waals surface area contributed by atoms with Gasteiger partial charge in [0.2, 0.25) is 0 Å². The Morgan fingerprint density at radius 2 is 2.04 bits per heavy atom. The third-order valence-corrected chi connectivity index (χ3v) is 5.52. The molecular formula is C16H19BN2O5S. The van der Waals surface area contributed by atoms with Gasteiger partial charge in [-0.05, 0) is 59.8 Å². The number of hydrogen-bond donors (Lipinski definition) is 4. The molecule has 132 valence electrons. The summed E-state index contributed by atoms with van der Waals surface area (Å²) in [5.74, 6) is 0. The Bertz CT molecular complexity index is 888. The first-order valence-electron chi connectivity index (χ1n) is 7.85. The van der Waals surface area contributed by atoms with Crippen molar-refractivity contribution in [2.75, 3.05) is 17.1 Å². The summed E-state index contributed by atoms with van der Waals surface area (Å²) in [5, 5.41) is 18.8. The first kappa shape index (κ1) is 17.7. The van der Waals surface area contributed by atoms with E-state index < -0.39 is 17.1 Å². The van der Waals surface area contributed by atoms with E-state index in [1.807, 2.05) is 0 Å². The largest absolute Gasteiger partial charge is 0.491 e. The number of aliphatic hydroxyl groups excluding tert-OH is 1. The fourth-order valence-electron chi connectivity index (χ4n) is 2.81. The first-order chi connectivity index (χ1) is 11.9. The van der Waals surface area contributed by atoms with E-state index in [1.165, 1.54) is 12.1 Å². The minimum absolute atomic E-state index is 0.0373. The molecule has 1 heterocycles. The number of fused-ring (bicyclic) bond motifs is 1. The van der Waals surface area contributed by atoms with Gasteiger partial charge in [-0.2, -0.15) is 0 Å². The average Bonchev–Trinajstić information content (AvgIpc) is 2.93. The molecule has 0 radical (unpaired) electrons. The van der Waals surface area contributed by atoms with Crippen molar-refractivity contribution < 1.29 is 23.2 Å². The molecule has 0 amide bonds. The molecule has 0 fully saturated rings. The molecular weight excluding hydrogens is 343 g/mol. The summed E-state index contributed by atoms with van der Waals surface area (Å²) >= 11 is 0.